The van der Waals surface area contributed by atoms with Gasteiger partial charge in [0.15, 0.2) is 5.69 Å². The number of nitrogens with zero attached hydrogens (tertiary/aromatic N) is 2. The molecular weight excluding hydrogens is 490 g/mol. The van der Waals surface area contributed by atoms with Crippen molar-refractivity contribution in [3.8, 4) is 0 Å². The van der Waals surface area contributed by atoms with Gasteiger partial charge in [-0.3, -0.25) is 4.79 Å². The Balaban J connectivity index is 1.57. The van der Waals surface area contributed by atoms with E-state index >= 15 is 0 Å². The minimum Gasteiger partial charge on any atom is -0.455 e. The summed E-state index contributed by atoms with van der Waals surface area (Å²) in [6.07, 6.45) is 0.117. The maximum atomic E-state index is 13.8. The highest BCUT2D eigenvalue weighted by atomic mass is 19.1. The zero-order chi connectivity index (χ0) is 27.2. The second-order valence-electron chi connectivity index (χ2n) is 9.22. The van der Waals surface area contributed by atoms with Gasteiger partial charge in [-0.05, 0) is 47.7 Å². The predicted octanol–water partition coefficient (Wildman–Crippen LogP) is 3.66. The number of nitrogens with two attached hydrogens (primary N) is 1. The number of carbonyl (C=O) groups excluding carboxylic acids is 1. The molecule has 9 heteroatoms. The smallest absolute Gasteiger partial charge is 0.359 e. The third-order valence-electron chi connectivity index (χ3n) is 6.35. The van der Waals surface area contributed by atoms with E-state index < -0.39 is 29.7 Å². The normalized spacial score (nSPS) is 12.9. The highest BCUT2D eigenvalue weighted by molar-refractivity contribution is 6.02. The first-order chi connectivity index (χ1) is 18.2. The number of hydrogen-bond acceptors (Lipinski definition) is 6. The van der Waals surface area contributed by atoms with E-state index in [9.17, 15) is 18.4 Å². The Morgan fingerprint density at radius 2 is 1.68 bits per heavy atom. The summed E-state index contributed by atoms with van der Waals surface area (Å²) in [4.78, 5) is 25.8. The van der Waals surface area contributed by atoms with Crippen molar-refractivity contribution in [3.63, 3.8) is 0 Å². The molecule has 4 rings (SSSR count). The maximum absolute atomic E-state index is 13.8. The number of esters is 1. The SMILES string of the molecule is CCc1cccc(CNCC(OC(=O)c2nn(C)c(=O)c3ccccc23)C(N)Cc2cc(F)cc(F)c2)c1. The van der Waals surface area contributed by atoms with Crippen molar-refractivity contribution in [3.05, 3.63) is 111 Å². The van der Waals surface area contributed by atoms with E-state index in [1.807, 2.05) is 18.2 Å². The molecule has 0 saturated carbocycles. The van der Waals surface area contributed by atoms with Crippen LogP contribution in [-0.2, 0) is 31.2 Å². The van der Waals surface area contributed by atoms with Crippen LogP contribution >= 0.6 is 0 Å². The summed E-state index contributed by atoms with van der Waals surface area (Å²) in [6, 6.07) is 17.2. The molecule has 7 nitrogen and oxygen atoms in total. The number of aromatic nitrogens is 2. The molecule has 1 aromatic heterocycles. The fourth-order valence-corrected chi connectivity index (χ4v) is 4.37. The van der Waals surface area contributed by atoms with Crippen LogP contribution in [0.5, 0.6) is 0 Å². The third kappa shape index (κ3) is 6.48. The minimum absolute atomic E-state index is 0.0210. The molecule has 1 heterocycles. The predicted molar refractivity (Wildman–Crippen MR) is 142 cm³/mol. The van der Waals surface area contributed by atoms with Gasteiger partial charge < -0.3 is 15.8 Å². The summed E-state index contributed by atoms with van der Waals surface area (Å²) in [6.45, 7) is 2.77. The minimum atomic E-state index is -0.860. The van der Waals surface area contributed by atoms with Gasteiger partial charge in [0, 0.05) is 37.6 Å². The molecule has 0 aliphatic carbocycles. The number of ether oxygens (including phenoxy) is 1. The Morgan fingerprint density at radius 3 is 2.39 bits per heavy atom. The average molecular weight is 521 g/mol. The van der Waals surface area contributed by atoms with E-state index in [0.717, 1.165) is 22.7 Å². The van der Waals surface area contributed by atoms with E-state index in [1.54, 1.807) is 24.3 Å². The first-order valence-corrected chi connectivity index (χ1v) is 12.4. The fraction of sp³-hybridized carbons (Fsp3) is 0.276. The van der Waals surface area contributed by atoms with Gasteiger partial charge in [-0.25, -0.2) is 18.3 Å². The van der Waals surface area contributed by atoms with Crippen molar-refractivity contribution in [2.75, 3.05) is 6.54 Å². The molecule has 0 amide bonds. The highest BCUT2D eigenvalue weighted by Crippen LogP contribution is 2.17. The lowest BCUT2D eigenvalue weighted by atomic mass is 10.0. The zero-order valence-electron chi connectivity index (χ0n) is 21.3. The largest absolute Gasteiger partial charge is 0.455 e. The summed E-state index contributed by atoms with van der Waals surface area (Å²) in [5.41, 5.74) is 8.67. The van der Waals surface area contributed by atoms with Crippen LogP contribution in [0.2, 0.25) is 0 Å². The molecule has 0 aliphatic heterocycles. The number of nitrogens with one attached hydrogen (secondary N) is 1. The van der Waals surface area contributed by atoms with Crippen LogP contribution in [0.15, 0.2) is 71.5 Å². The van der Waals surface area contributed by atoms with Crippen molar-refractivity contribution in [1.29, 1.82) is 0 Å². The molecule has 0 bridgehead atoms. The van der Waals surface area contributed by atoms with Crippen LogP contribution < -0.4 is 16.6 Å². The van der Waals surface area contributed by atoms with Crippen molar-refractivity contribution < 1.29 is 18.3 Å². The lowest BCUT2D eigenvalue weighted by molar-refractivity contribution is 0.0231. The topological polar surface area (TPSA) is 99.2 Å². The first-order valence-electron chi connectivity index (χ1n) is 12.4. The molecule has 0 fully saturated rings. The molecule has 0 aliphatic rings. The lowest BCUT2D eigenvalue weighted by Crippen LogP contribution is -2.46. The van der Waals surface area contributed by atoms with Gasteiger partial charge in [-0.2, -0.15) is 5.10 Å². The molecule has 0 radical (unpaired) electrons. The highest BCUT2D eigenvalue weighted by Gasteiger charge is 2.26. The number of rotatable bonds is 10. The monoisotopic (exact) mass is 520 g/mol. The molecule has 3 aromatic carbocycles. The molecule has 4 aromatic rings. The van der Waals surface area contributed by atoms with Crippen LogP contribution in [0, 0.1) is 11.6 Å². The summed E-state index contributed by atoms with van der Waals surface area (Å²) in [5, 5.41) is 8.11. The van der Waals surface area contributed by atoms with E-state index in [-0.39, 0.29) is 24.2 Å². The third-order valence-corrected chi connectivity index (χ3v) is 6.35. The molecule has 198 valence electrons. The summed E-state index contributed by atoms with van der Waals surface area (Å²) < 4.78 is 34.4. The number of benzene rings is 3. The Labute approximate surface area is 219 Å². The number of hydrogen-bond donors (Lipinski definition) is 2. The van der Waals surface area contributed by atoms with Crippen molar-refractivity contribution in [2.45, 2.75) is 38.5 Å². The fourth-order valence-electron chi connectivity index (χ4n) is 4.37. The number of fused-ring (bicyclic) bond motifs is 1. The Hall–Kier alpha value is -3.95. The summed E-state index contributed by atoms with van der Waals surface area (Å²) >= 11 is 0. The van der Waals surface area contributed by atoms with Crippen molar-refractivity contribution in [1.82, 2.24) is 15.1 Å². The number of aryl methyl sites for hydroxylation is 2. The molecule has 2 atom stereocenters. The van der Waals surface area contributed by atoms with Gasteiger partial charge in [-0.1, -0.05) is 49.4 Å². The zero-order valence-corrected chi connectivity index (χ0v) is 21.3. The quantitative estimate of drug-likeness (QED) is 0.310. The van der Waals surface area contributed by atoms with Crippen LogP contribution in [0.4, 0.5) is 8.78 Å². The summed E-state index contributed by atoms with van der Waals surface area (Å²) in [7, 11) is 1.46. The molecule has 0 saturated heterocycles. The van der Waals surface area contributed by atoms with Gasteiger partial charge in [0.05, 0.1) is 5.39 Å². The Kier molecular flexibility index (Phi) is 8.60. The van der Waals surface area contributed by atoms with Crippen molar-refractivity contribution in [2.24, 2.45) is 12.8 Å². The maximum Gasteiger partial charge on any atom is 0.359 e. The van der Waals surface area contributed by atoms with Crippen molar-refractivity contribution >= 4 is 16.7 Å². The molecule has 38 heavy (non-hydrogen) atoms. The standard InChI is InChI=1S/C29H30F2N4O3/c1-3-18-7-6-8-19(11-18)16-33-17-26(25(32)14-20-12-21(30)15-22(31)13-20)38-29(37)27-23-9-4-5-10-24(23)28(36)35(2)34-27/h4-13,15,25-26,33H,3,14,16-17,32H2,1-2H3. The average Bonchev–Trinajstić information content (AvgIpc) is 2.89. The Bertz CT molecular complexity index is 1480. The Morgan fingerprint density at radius 1 is 1.00 bits per heavy atom. The molecular formula is C29H30F2N4O3. The van der Waals surface area contributed by atoms with E-state index in [1.165, 1.54) is 24.7 Å². The van der Waals surface area contributed by atoms with E-state index in [0.29, 0.717) is 22.9 Å². The number of carbonyl (C=O) groups is 1. The van der Waals surface area contributed by atoms with Gasteiger partial charge in [0.25, 0.3) is 5.56 Å². The molecule has 2 unspecified atom stereocenters. The lowest BCUT2D eigenvalue weighted by Gasteiger charge is -2.25. The first kappa shape index (κ1) is 27.1. The summed E-state index contributed by atoms with van der Waals surface area (Å²) in [5.74, 6) is -2.18. The van der Waals surface area contributed by atoms with Crippen LogP contribution in [-0.4, -0.2) is 34.4 Å². The van der Waals surface area contributed by atoms with Crippen LogP contribution in [0.25, 0.3) is 10.8 Å². The van der Waals surface area contributed by atoms with E-state index in [2.05, 4.69) is 23.4 Å². The second kappa shape index (κ2) is 12.1. The van der Waals surface area contributed by atoms with Gasteiger partial charge in [0.1, 0.15) is 17.7 Å². The second-order valence-corrected chi connectivity index (χ2v) is 9.22. The molecule has 3 N–H and O–H groups in total. The van der Waals surface area contributed by atoms with Crippen LogP contribution in [0.3, 0.4) is 0 Å². The van der Waals surface area contributed by atoms with E-state index in [4.69, 9.17) is 10.5 Å². The van der Waals surface area contributed by atoms with Gasteiger partial charge >= 0.3 is 5.97 Å². The van der Waals surface area contributed by atoms with Gasteiger partial charge in [-0.15, -0.1) is 0 Å². The molecule has 0 spiro atoms. The number of halogens is 2. The van der Waals surface area contributed by atoms with Gasteiger partial charge in [0.2, 0.25) is 0 Å². The van der Waals surface area contributed by atoms with Crippen LogP contribution in [0.1, 0.15) is 34.1 Å².